The fourth-order valence-electron chi connectivity index (χ4n) is 1.58. The lowest BCUT2D eigenvalue weighted by molar-refractivity contribution is 0.549. The van der Waals surface area contributed by atoms with E-state index in [-0.39, 0.29) is 5.56 Å². The molecule has 1 rings (SSSR count). The molecule has 5 heteroatoms. The molecule has 0 aliphatic rings. The van der Waals surface area contributed by atoms with Crippen LogP contribution in [0.2, 0.25) is 0 Å². The van der Waals surface area contributed by atoms with E-state index in [9.17, 15) is 4.79 Å². The molecule has 0 spiro atoms. The number of hydrogen-bond donors (Lipinski definition) is 1. The van der Waals surface area contributed by atoms with Crippen LogP contribution in [0.15, 0.2) is 21.8 Å². The maximum Gasteiger partial charge on any atom is 0.267 e. The van der Waals surface area contributed by atoms with Crippen molar-refractivity contribution in [1.29, 1.82) is 0 Å². The van der Waals surface area contributed by atoms with Crippen LogP contribution in [0.1, 0.15) is 32.6 Å². The molecule has 0 saturated heterocycles. The third-order valence-corrected chi connectivity index (χ3v) is 3.14. The summed E-state index contributed by atoms with van der Waals surface area (Å²) in [5.41, 5.74) is -0.0206. The molecule has 17 heavy (non-hydrogen) atoms. The van der Waals surface area contributed by atoms with Crippen LogP contribution in [0, 0.1) is 0 Å². The molecular formula is C12H20BrN3O. The Labute approximate surface area is 111 Å². The van der Waals surface area contributed by atoms with Crippen LogP contribution < -0.4 is 10.9 Å². The van der Waals surface area contributed by atoms with E-state index in [1.165, 1.54) is 31.9 Å². The van der Waals surface area contributed by atoms with Crippen LogP contribution in [0.25, 0.3) is 0 Å². The van der Waals surface area contributed by atoms with Gasteiger partial charge in [-0.1, -0.05) is 26.2 Å². The van der Waals surface area contributed by atoms with E-state index < -0.39 is 0 Å². The Kier molecular flexibility index (Phi) is 7.12. The lowest BCUT2D eigenvalue weighted by Gasteiger charge is -2.06. The molecular weight excluding hydrogens is 282 g/mol. The van der Waals surface area contributed by atoms with Gasteiger partial charge in [0.15, 0.2) is 0 Å². The summed E-state index contributed by atoms with van der Waals surface area (Å²) in [6.45, 7) is 4.71. The predicted octanol–water partition coefficient (Wildman–Crippen LogP) is 2.18. The van der Waals surface area contributed by atoms with Crippen LogP contribution in [-0.4, -0.2) is 22.6 Å². The average Bonchev–Trinajstić information content (AvgIpc) is 2.33. The highest BCUT2D eigenvalue weighted by Crippen LogP contribution is 1.98. The van der Waals surface area contributed by atoms with Gasteiger partial charge in [-0.05, 0) is 28.9 Å². The Bertz CT molecular complexity index is 378. The minimum atomic E-state index is -0.0206. The summed E-state index contributed by atoms with van der Waals surface area (Å²) < 4.78 is 2.13. The van der Waals surface area contributed by atoms with Gasteiger partial charge in [-0.15, -0.1) is 0 Å². The predicted molar refractivity (Wildman–Crippen MR) is 73.2 cm³/mol. The lowest BCUT2D eigenvalue weighted by Crippen LogP contribution is -2.27. The van der Waals surface area contributed by atoms with E-state index in [1.807, 2.05) is 0 Å². The van der Waals surface area contributed by atoms with Crippen molar-refractivity contribution in [3.8, 4) is 0 Å². The molecule has 0 aromatic carbocycles. The van der Waals surface area contributed by atoms with Crippen LogP contribution in [0.4, 0.5) is 0 Å². The molecule has 0 atom stereocenters. The molecule has 0 saturated carbocycles. The minimum Gasteiger partial charge on any atom is -0.315 e. The molecule has 1 N–H and O–H groups in total. The molecule has 1 aromatic rings. The molecule has 0 unspecified atom stereocenters. The normalized spacial score (nSPS) is 10.7. The Morgan fingerprint density at radius 2 is 2.18 bits per heavy atom. The van der Waals surface area contributed by atoms with Crippen molar-refractivity contribution in [2.45, 2.75) is 39.2 Å². The minimum absolute atomic E-state index is 0.0206. The highest BCUT2D eigenvalue weighted by molar-refractivity contribution is 9.10. The molecule has 0 fully saturated rings. The van der Waals surface area contributed by atoms with Gasteiger partial charge in [-0.25, -0.2) is 4.98 Å². The molecule has 0 aliphatic heterocycles. The highest BCUT2D eigenvalue weighted by Gasteiger charge is 1.99. The van der Waals surface area contributed by atoms with Crippen molar-refractivity contribution in [2.24, 2.45) is 0 Å². The summed E-state index contributed by atoms with van der Waals surface area (Å²) in [6, 6.07) is 0. The van der Waals surface area contributed by atoms with Crippen LogP contribution in [-0.2, 0) is 6.54 Å². The molecule has 0 radical (unpaired) electrons. The number of halogens is 1. The SMILES string of the molecule is CCCCCCNCCn1cncc(Br)c1=O. The summed E-state index contributed by atoms with van der Waals surface area (Å²) in [5, 5.41) is 3.34. The van der Waals surface area contributed by atoms with E-state index >= 15 is 0 Å². The number of aromatic nitrogens is 2. The number of nitrogens with one attached hydrogen (secondary N) is 1. The summed E-state index contributed by atoms with van der Waals surface area (Å²) in [6.07, 6.45) is 8.15. The molecule has 1 aromatic heterocycles. The number of hydrogen-bond acceptors (Lipinski definition) is 3. The third-order valence-electron chi connectivity index (χ3n) is 2.60. The van der Waals surface area contributed by atoms with Crippen molar-refractivity contribution in [3.63, 3.8) is 0 Å². The zero-order valence-corrected chi connectivity index (χ0v) is 11.9. The van der Waals surface area contributed by atoms with Gasteiger partial charge in [0.2, 0.25) is 0 Å². The second kappa shape index (κ2) is 8.42. The summed E-state index contributed by atoms with van der Waals surface area (Å²) in [4.78, 5) is 15.6. The van der Waals surface area contributed by atoms with Crippen molar-refractivity contribution in [2.75, 3.05) is 13.1 Å². The van der Waals surface area contributed by atoms with Gasteiger partial charge in [0.05, 0.1) is 6.33 Å². The molecule has 1 heterocycles. The van der Waals surface area contributed by atoms with Crippen molar-refractivity contribution in [1.82, 2.24) is 14.9 Å². The second-order valence-electron chi connectivity index (χ2n) is 4.05. The average molecular weight is 302 g/mol. The second-order valence-corrected chi connectivity index (χ2v) is 4.91. The van der Waals surface area contributed by atoms with Crippen LogP contribution in [0.3, 0.4) is 0 Å². The van der Waals surface area contributed by atoms with Gasteiger partial charge in [-0.3, -0.25) is 9.36 Å². The number of unbranched alkanes of at least 4 members (excludes halogenated alkanes) is 3. The first-order chi connectivity index (χ1) is 8.25. The standard InChI is InChI=1S/C12H20BrN3O/c1-2-3-4-5-6-14-7-8-16-10-15-9-11(13)12(16)17/h9-10,14H,2-8H2,1H3. The zero-order chi connectivity index (χ0) is 12.5. The Morgan fingerprint density at radius 1 is 1.35 bits per heavy atom. The summed E-state index contributed by atoms with van der Waals surface area (Å²) in [5.74, 6) is 0. The van der Waals surface area contributed by atoms with Gasteiger partial charge in [-0.2, -0.15) is 0 Å². The Balaban J connectivity index is 2.18. The molecule has 0 amide bonds. The van der Waals surface area contributed by atoms with Crippen molar-refractivity contribution < 1.29 is 0 Å². The molecule has 0 bridgehead atoms. The zero-order valence-electron chi connectivity index (χ0n) is 10.3. The summed E-state index contributed by atoms with van der Waals surface area (Å²) in [7, 11) is 0. The lowest BCUT2D eigenvalue weighted by atomic mass is 10.2. The highest BCUT2D eigenvalue weighted by atomic mass is 79.9. The third kappa shape index (κ3) is 5.46. The van der Waals surface area contributed by atoms with E-state index in [4.69, 9.17) is 0 Å². The first kappa shape index (κ1) is 14.4. The number of rotatable bonds is 8. The maximum atomic E-state index is 11.6. The Hall–Kier alpha value is -0.680. The first-order valence-electron chi connectivity index (χ1n) is 6.16. The number of nitrogens with zero attached hydrogens (tertiary/aromatic N) is 2. The van der Waals surface area contributed by atoms with Gasteiger partial charge in [0.1, 0.15) is 4.47 Å². The first-order valence-corrected chi connectivity index (χ1v) is 6.95. The quantitative estimate of drug-likeness (QED) is 0.749. The monoisotopic (exact) mass is 301 g/mol. The molecule has 96 valence electrons. The van der Waals surface area contributed by atoms with E-state index in [0.717, 1.165) is 13.1 Å². The van der Waals surface area contributed by atoms with Gasteiger partial charge >= 0.3 is 0 Å². The van der Waals surface area contributed by atoms with E-state index in [1.54, 1.807) is 10.9 Å². The molecule has 0 aliphatic carbocycles. The summed E-state index contributed by atoms with van der Waals surface area (Å²) >= 11 is 3.18. The van der Waals surface area contributed by atoms with E-state index in [0.29, 0.717) is 11.0 Å². The Morgan fingerprint density at radius 3 is 2.94 bits per heavy atom. The van der Waals surface area contributed by atoms with Gasteiger partial charge in [0.25, 0.3) is 5.56 Å². The van der Waals surface area contributed by atoms with E-state index in [2.05, 4.69) is 33.2 Å². The van der Waals surface area contributed by atoms with Crippen molar-refractivity contribution in [3.05, 3.63) is 27.4 Å². The fraction of sp³-hybridized carbons (Fsp3) is 0.667. The van der Waals surface area contributed by atoms with Crippen LogP contribution >= 0.6 is 15.9 Å². The topological polar surface area (TPSA) is 46.9 Å². The fourth-order valence-corrected chi connectivity index (χ4v) is 1.93. The smallest absolute Gasteiger partial charge is 0.267 e. The molecule has 4 nitrogen and oxygen atoms in total. The van der Waals surface area contributed by atoms with Crippen LogP contribution in [0.5, 0.6) is 0 Å². The maximum absolute atomic E-state index is 11.6. The van der Waals surface area contributed by atoms with Gasteiger partial charge in [0, 0.05) is 19.3 Å². The van der Waals surface area contributed by atoms with Crippen molar-refractivity contribution >= 4 is 15.9 Å². The van der Waals surface area contributed by atoms with Gasteiger partial charge < -0.3 is 5.32 Å². The largest absolute Gasteiger partial charge is 0.315 e.